The van der Waals surface area contributed by atoms with Crippen LogP contribution in [0.3, 0.4) is 0 Å². The summed E-state index contributed by atoms with van der Waals surface area (Å²) in [4.78, 5) is 0. The molecule has 1 aromatic heterocycles. The Bertz CT molecular complexity index is 998. The van der Waals surface area contributed by atoms with Crippen LogP contribution in [-0.2, 0) is 6.54 Å². The molecular formula is C23H21NO. The standard InChI is InChI=1S/C23H21NO/c1-3-24-22(15-20-13-14-21(25-2)16-23(20)24)19-11-9-18(10-12-19)17-7-5-4-6-8-17/h4-16H,3H2,1-2H3. The Balaban J connectivity index is 1.79. The van der Waals surface area contributed by atoms with E-state index in [-0.39, 0.29) is 0 Å². The zero-order valence-corrected chi connectivity index (χ0v) is 14.6. The molecule has 0 saturated carbocycles. The first-order valence-electron chi connectivity index (χ1n) is 8.63. The molecule has 3 aromatic carbocycles. The minimum Gasteiger partial charge on any atom is -0.497 e. The molecule has 25 heavy (non-hydrogen) atoms. The summed E-state index contributed by atoms with van der Waals surface area (Å²) in [6, 6.07) is 27.8. The monoisotopic (exact) mass is 327 g/mol. The van der Waals surface area contributed by atoms with Crippen molar-refractivity contribution >= 4 is 10.9 Å². The second-order valence-electron chi connectivity index (χ2n) is 6.14. The van der Waals surface area contributed by atoms with Gasteiger partial charge in [0.25, 0.3) is 0 Å². The van der Waals surface area contributed by atoms with Gasteiger partial charge >= 0.3 is 0 Å². The highest BCUT2D eigenvalue weighted by atomic mass is 16.5. The van der Waals surface area contributed by atoms with Crippen molar-refractivity contribution in [1.29, 1.82) is 0 Å². The molecule has 124 valence electrons. The van der Waals surface area contributed by atoms with Crippen LogP contribution in [-0.4, -0.2) is 11.7 Å². The van der Waals surface area contributed by atoms with Crippen LogP contribution in [0.5, 0.6) is 5.75 Å². The molecule has 0 atom stereocenters. The molecule has 0 bridgehead atoms. The van der Waals surface area contributed by atoms with Crippen LogP contribution in [0.4, 0.5) is 0 Å². The zero-order valence-electron chi connectivity index (χ0n) is 14.6. The van der Waals surface area contributed by atoms with Gasteiger partial charge in [0.2, 0.25) is 0 Å². The maximum atomic E-state index is 5.39. The smallest absolute Gasteiger partial charge is 0.120 e. The highest BCUT2D eigenvalue weighted by Crippen LogP contribution is 2.31. The summed E-state index contributed by atoms with van der Waals surface area (Å²) >= 11 is 0. The summed E-state index contributed by atoms with van der Waals surface area (Å²) in [6.45, 7) is 3.10. The molecule has 0 spiro atoms. The predicted octanol–water partition coefficient (Wildman–Crippen LogP) is 6.00. The van der Waals surface area contributed by atoms with Gasteiger partial charge in [-0.2, -0.15) is 0 Å². The van der Waals surface area contributed by atoms with E-state index in [1.165, 1.54) is 33.3 Å². The summed E-state index contributed by atoms with van der Waals surface area (Å²) < 4.78 is 7.73. The molecule has 2 heteroatoms. The Kier molecular flexibility index (Phi) is 4.02. The van der Waals surface area contributed by atoms with E-state index in [9.17, 15) is 0 Å². The molecule has 2 nitrogen and oxygen atoms in total. The van der Waals surface area contributed by atoms with Crippen molar-refractivity contribution in [2.75, 3.05) is 7.11 Å². The van der Waals surface area contributed by atoms with Crippen molar-refractivity contribution in [3.8, 4) is 28.1 Å². The number of fused-ring (bicyclic) bond motifs is 1. The molecule has 0 radical (unpaired) electrons. The Morgan fingerprint density at radius 1 is 0.760 bits per heavy atom. The molecular weight excluding hydrogens is 306 g/mol. The van der Waals surface area contributed by atoms with Crippen LogP contribution < -0.4 is 4.74 Å². The van der Waals surface area contributed by atoms with Gasteiger partial charge in [-0.3, -0.25) is 0 Å². The summed E-state index contributed by atoms with van der Waals surface area (Å²) in [7, 11) is 1.71. The van der Waals surface area contributed by atoms with Gasteiger partial charge in [0, 0.05) is 23.7 Å². The first-order valence-corrected chi connectivity index (χ1v) is 8.63. The molecule has 0 fully saturated rings. The fourth-order valence-corrected chi connectivity index (χ4v) is 3.41. The molecule has 0 unspecified atom stereocenters. The van der Waals surface area contributed by atoms with E-state index in [0.29, 0.717) is 0 Å². The molecule has 0 aliphatic carbocycles. The third kappa shape index (κ3) is 2.80. The molecule has 0 aliphatic heterocycles. The lowest BCUT2D eigenvalue weighted by atomic mass is 10.0. The number of rotatable bonds is 4. The third-order valence-corrected chi connectivity index (χ3v) is 4.72. The van der Waals surface area contributed by atoms with E-state index in [1.807, 2.05) is 12.1 Å². The van der Waals surface area contributed by atoms with Crippen molar-refractivity contribution in [2.24, 2.45) is 0 Å². The number of methoxy groups -OCH3 is 1. The molecule has 4 aromatic rings. The third-order valence-electron chi connectivity index (χ3n) is 4.72. The van der Waals surface area contributed by atoms with Gasteiger partial charge in [-0.05, 0) is 41.8 Å². The van der Waals surface area contributed by atoms with Crippen molar-refractivity contribution in [3.63, 3.8) is 0 Å². The van der Waals surface area contributed by atoms with Gasteiger partial charge in [-0.15, -0.1) is 0 Å². The van der Waals surface area contributed by atoms with E-state index in [0.717, 1.165) is 12.3 Å². The Morgan fingerprint density at radius 2 is 1.44 bits per heavy atom. The van der Waals surface area contributed by atoms with Crippen LogP contribution >= 0.6 is 0 Å². The van der Waals surface area contributed by atoms with Crippen LogP contribution in [0.2, 0.25) is 0 Å². The topological polar surface area (TPSA) is 14.2 Å². The number of aryl methyl sites for hydroxylation is 1. The van der Waals surface area contributed by atoms with Gasteiger partial charge in [0.05, 0.1) is 12.6 Å². The number of ether oxygens (including phenoxy) is 1. The molecule has 1 heterocycles. The number of benzene rings is 3. The van der Waals surface area contributed by atoms with E-state index in [2.05, 4.69) is 78.2 Å². The van der Waals surface area contributed by atoms with E-state index in [4.69, 9.17) is 4.74 Å². The molecule has 0 saturated heterocycles. The fraction of sp³-hybridized carbons (Fsp3) is 0.130. The predicted molar refractivity (Wildman–Crippen MR) is 105 cm³/mol. The molecule has 0 N–H and O–H groups in total. The summed E-state index contributed by atoms with van der Waals surface area (Å²) in [5.41, 5.74) is 6.17. The lowest BCUT2D eigenvalue weighted by molar-refractivity contribution is 0.415. The average molecular weight is 327 g/mol. The Morgan fingerprint density at radius 3 is 2.12 bits per heavy atom. The van der Waals surface area contributed by atoms with Crippen molar-refractivity contribution in [1.82, 2.24) is 4.57 Å². The summed E-state index contributed by atoms with van der Waals surface area (Å²) in [6.07, 6.45) is 0. The van der Waals surface area contributed by atoms with Crippen molar-refractivity contribution in [3.05, 3.63) is 78.9 Å². The Hall–Kier alpha value is -3.00. The number of hydrogen-bond donors (Lipinski definition) is 0. The lowest BCUT2D eigenvalue weighted by Gasteiger charge is -2.10. The highest BCUT2D eigenvalue weighted by molar-refractivity contribution is 5.88. The largest absolute Gasteiger partial charge is 0.497 e. The normalized spacial score (nSPS) is 11.0. The van der Waals surface area contributed by atoms with Crippen LogP contribution in [0.25, 0.3) is 33.3 Å². The second-order valence-corrected chi connectivity index (χ2v) is 6.14. The van der Waals surface area contributed by atoms with E-state index >= 15 is 0 Å². The fourth-order valence-electron chi connectivity index (χ4n) is 3.41. The molecule has 0 amide bonds. The maximum Gasteiger partial charge on any atom is 0.120 e. The minimum absolute atomic E-state index is 0.895. The highest BCUT2D eigenvalue weighted by Gasteiger charge is 2.10. The lowest BCUT2D eigenvalue weighted by Crippen LogP contribution is -1.96. The number of nitrogens with zero attached hydrogens (tertiary/aromatic N) is 1. The SMILES string of the molecule is CCn1c(-c2ccc(-c3ccccc3)cc2)cc2ccc(OC)cc21. The van der Waals surface area contributed by atoms with Gasteiger partial charge in [0.15, 0.2) is 0 Å². The quantitative estimate of drug-likeness (QED) is 0.448. The van der Waals surface area contributed by atoms with E-state index in [1.54, 1.807) is 7.11 Å². The van der Waals surface area contributed by atoms with Gasteiger partial charge < -0.3 is 9.30 Å². The van der Waals surface area contributed by atoms with Crippen LogP contribution in [0.15, 0.2) is 78.9 Å². The van der Waals surface area contributed by atoms with Crippen LogP contribution in [0.1, 0.15) is 6.92 Å². The average Bonchev–Trinajstić information content (AvgIpc) is 3.06. The van der Waals surface area contributed by atoms with Crippen molar-refractivity contribution < 1.29 is 4.74 Å². The van der Waals surface area contributed by atoms with Gasteiger partial charge in [-0.25, -0.2) is 0 Å². The minimum atomic E-state index is 0.895. The number of hydrogen-bond acceptors (Lipinski definition) is 1. The molecule has 0 aliphatic rings. The first-order chi connectivity index (χ1) is 12.3. The second kappa shape index (κ2) is 6.48. The Labute approximate surface area is 148 Å². The van der Waals surface area contributed by atoms with E-state index < -0.39 is 0 Å². The van der Waals surface area contributed by atoms with Crippen LogP contribution in [0, 0.1) is 0 Å². The molecule has 4 rings (SSSR count). The van der Waals surface area contributed by atoms with Crippen molar-refractivity contribution in [2.45, 2.75) is 13.5 Å². The summed E-state index contributed by atoms with van der Waals surface area (Å²) in [5, 5.41) is 1.24. The summed E-state index contributed by atoms with van der Waals surface area (Å²) in [5.74, 6) is 0.895. The number of aromatic nitrogens is 1. The maximum absolute atomic E-state index is 5.39. The van der Waals surface area contributed by atoms with Gasteiger partial charge in [0.1, 0.15) is 5.75 Å². The zero-order chi connectivity index (χ0) is 17.2. The van der Waals surface area contributed by atoms with Gasteiger partial charge in [-0.1, -0.05) is 54.6 Å². The first kappa shape index (κ1) is 15.5.